The molecule has 0 unspecified atom stereocenters. The number of nitrogens with one attached hydrogen (secondary N) is 1. The predicted molar refractivity (Wildman–Crippen MR) is 75.0 cm³/mol. The van der Waals surface area contributed by atoms with Crippen LogP contribution in [0.2, 0.25) is 0 Å². The Kier molecular flexibility index (Phi) is 4.06. The van der Waals surface area contributed by atoms with E-state index in [0.717, 1.165) is 0 Å². The highest BCUT2D eigenvalue weighted by atomic mass is 32.2. The summed E-state index contributed by atoms with van der Waals surface area (Å²) in [7, 11) is -3.72. The van der Waals surface area contributed by atoms with Crippen LogP contribution in [0.25, 0.3) is 11.1 Å². The molecule has 20 heavy (non-hydrogen) atoms. The van der Waals surface area contributed by atoms with Crippen molar-refractivity contribution >= 4 is 16.3 Å². The van der Waals surface area contributed by atoms with Crippen molar-refractivity contribution in [2.75, 3.05) is 0 Å². The van der Waals surface area contributed by atoms with Crippen LogP contribution in [0.5, 0.6) is 0 Å². The predicted octanol–water partition coefficient (Wildman–Crippen LogP) is 2.45. The third-order valence-electron chi connectivity index (χ3n) is 2.60. The minimum Gasteiger partial charge on any atom is -0.451 e. The van der Waals surface area contributed by atoms with Crippen molar-refractivity contribution in [2.24, 2.45) is 0 Å². The minimum atomic E-state index is -3.72. The lowest BCUT2D eigenvalue weighted by atomic mass is 10.1. The van der Waals surface area contributed by atoms with Crippen LogP contribution in [-0.4, -0.2) is 20.7 Å². The van der Waals surface area contributed by atoms with E-state index >= 15 is 0 Å². The molecule has 1 aromatic carbocycles. The summed E-state index contributed by atoms with van der Waals surface area (Å²) in [6.07, 6.45) is 2.03. The Labute approximate surface area is 117 Å². The number of carbonyl (C=O) groups is 1. The van der Waals surface area contributed by atoms with Gasteiger partial charge in [0.2, 0.25) is 5.09 Å². The van der Waals surface area contributed by atoms with Gasteiger partial charge in [0.1, 0.15) is 6.29 Å². The molecule has 0 spiro atoms. The molecule has 1 aromatic heterocycles. The number of furan rings is 1. The summed E-state index contributed by atoms with van der Waals surface area (Å²) < 4.78 is 31.9. The van der Waals surface area contributed by atoms with Crippen LogP contribution in [0, 0.1) is 0 Å². The van der Waals surface area contributed by atoms with Crippen molar-refractivity contribution in [2.45, 2.75) is 25.0 Å². The Bertz CT molecular complexity index is 716. The molecule has 0 radical (unpaired) electrons. The molecular formula is C14H15NO4S. The van der Waals surface area contributed by atoms with Crippen LogP contribution in [0.4, 0.5) is 0 Å². The van der Waals surface area contributed by atoms with E-state index in [1.807, 2.05) is 0 Å². The fraction of sp³-hybridized carbons (Fsp3) is 0.214. The number of aldehydes is 1. The summed E-state index contributed by atoms with van der Waals surface area (Å²) in [5.74, 6) is 0. The quantitative estimate of drug-likeness (QED) is 0.859. The maximum Gasteiger partial charge on any atom is 0.274 e. The first-order valence-corrected chi connectivity index (χ1v) is 7.58. The van der Waals surface area contributed by atoms with E-state index in [2.05, 4.69) is 4.72 Å². The van der Waals surface area contributed by atoms with Gasteiger partial charge in [-0.25, -0.2) is 13.1 Å². The highest BCUT2D eigenvalue weighted by molar-refractivity contribution is 7.89. The Balaban J connectivity index is 2.50. The zero-order chi connectivity index (χ0) is 14.8. The van der Waals surface area contributed by atoms with Crippen LogP contribution in [-0.2, 0) is 10.0 Å². The van der Waals surface area contributed by atoms with Crippen LogP contribution in [0.1, 0.15) is 24.2 Å². The third kappa shape index (κ3) is 2.97. The van der Waals surface area contributed by atoms with Crippen LogP contribution < -0.4 is 4.72 Å². The molecule has 0 saturated heterocycles. The molecule has 0 amide bonds. The van der Waals surface area contributed by atoms with Gasteiger partial charge in [-0.15, -0.1) is 0 Å². The summed E-state index contributed by atoms with van der Waals surface area (Å²) in [4.78, 5) is 10.8. The fourth-order valence-corrected chi connectivity index (χ4v) is 3.25. The topological polar surface area (TPSA) is 76.4 Å². The molecule has 2 rings (SSSR count). The number of benzene rings is 1. The van der Waals surface area contributed by atoms with Crippen molar-refractivity contribution in [1.82, 2.24) is 4.72 Å². The average Bonchev–Trinajstić information content (AvgIpc) is 2.87. The maximum atomic E-state index is 12.2. The normalized spacial score (nSPS) is 11.8. The molecular weight excluding hydrogens is 278 g/mol. The van der Waals surface area contributed by atoms with E-state index in [-0.39, 0.29) is 11.1 Å². The molecule has 5 nitrogen and oxygen atoms in total. The first-order valence-electron chi connectivity index (χ1n) is 6.09. The van der Waals surface area contributed by atoms with Gasteiger partial charge < -0.3 is 4.42 Å². The molecule has 0 aliphatic carbocycles. The van der Waals surface area contributed by atoms with Gasteiger partial charge >= 0.3 is 0 Å². The number of carbonyl (C=O) groups excluding carboxylic acids is 1. The van der Waals surface area contributed by atoms with Gasteiger partial charge in [0.15, 0.2) is 0 Å². The number of sulfonamides is 1. The lowest BCUT2D eigenvalue weighted by Gasteiger charge is -2.09. The van der Waals surface area contributed by atoms with Gasteiger partial charge in [-0.05, 0) is 31.5 Å². The van der Waals surface area contributed by atoms with Crippen LogP contribution in [0.15, 0.2) is 46.1 Å². The van der Waals surface area contributed by atoms with Gasteiger partial charge in [0.25, 0.3) is 10.0 Å². The maximum absolute atomic E-state index is 12.2. The van der Waals surface area contributed by atoms with Crippen molar-refractivity contribution in [3.05, 3.63) is 42.2 Å². The second kappa shape index (κ2) is 5.60. The highest BCUT2D eigenvalue weighted by Crippen LogP contribution is 2.28. The SMILES string of the molecule is CC(C)NS(=O)(=O)c1occc1-c1cccc(C=O)c1. The summed E-state index contributed by atoms with van der Waals surface area (Å²) in [6.45, 7) is 3.46. The van der Waals surface area contributed by atoms with E-state index in [9.17, 15) is 13.2 Å². The molecule has 1 heterocycles. The second-order valence-corrected chi connectivity index (χ2v) is 6.25. The molecule has 0 aliphatic rings. The number of rotatable bonds is 5. The van der Waals surface area contributed by atoms with E-state index in [4.69, 9.17) is 4.42 Å². The first kappa shape index (κ1) is 14.5. The summed E-state index contributed by atoms with van der Waals surface area (Å²) >= 11 is 0. The third-order valence-corrected chi connectivity index (χ3v) is 4.18. The average molecular weight is 293 g/mol. The van der Waals surface area contributed by atoms with Gasteiger partial charge in [0.05, 0.1) is 6.26 Å². The van der Waals surface area contributed by atoms with E-state index in [0.29, 0.717) is 23.0 Å². The largest absolute Gasteiger partial charge is 0.451 e. The standard InChI is InChI=1S/C14H15NO4S/c1-10(2)15-20(17,18)14-13(6-7-19-14)12-5-3-4-11(8-12)9-16/h3-10,15H,1-2H3. The van der Waals surface area contributed by atoms with E-state index < -0.39 is 10.0 Å². The van der Waals surface area contributed by atoms with Gasteiger partial charge in [-0.1, -0.05) is 18.2 Å². The Morgan fingerprint density at radius 2 is 2.00 bits per heavy atom. The molecule has 1 N–H and O–H groups in total. The highest BCUT2D eigenvalue weighted by Gasteiger charge is 2.24. The monoisotopic (exact) mass is 293 g/mol. The zero-order valence-electron chi connectivity index (χ0n) is 11.2. The molecule has 0 aliphatic heterocycles. The Hall–Kier alpha value is -1.92. The second-order valence-electron chi connectivity index (χ2n) is 4.64. The van der Waals surface area contributed by atoms with E-state index in [1.165, 1.54) is 6.26 Å². The lowest BCUT2D eigenvalue weighted by molar-refractivity contribution is 0.112. The van der Waals surface area contributed by atoms with Gasteiger partial charge in [-0.3, -0.25) is 4.79 Å². The molecule has 2 aromatic rings. The number of hydrogen-bond donors (Lipinski definition) is 1. The van der Waals surface area contributed by atoms with Crippen molar-refractivity contribution < 1.29 is 17.6 Å². The van der Waals surface area contributed by atoms with Crippen LogP contribution >= 0.6 is 0 Å². The molecule has 0 saturated carbocycles. The van der Waals surface area contributed by atoms with Gasteiger partial charge in [-0.2, -0.15) is 0 Å². The Morgan fingerprint density at radius 3 is 2.65 bits per heavy atom. The molecule has 0 bridgehead atoms. The fourth-order valence-electron chi connectivity index (χ4n) is 1.86. The minimum absolute atomic E-state index is 0.144. The van der Waals surface area contributed by atoms with Crippen molar-refractivity contribution in [1.29, 1.82) is 0 Å². The van der Waals surface area contributed by atoms with E-state index in [1.54, 1.807) is 44.2 Å². The molecule has 0 fully saturated rings. The Morgan fingerprint density at radius 1 is 1.25 bits per heavy atom. The first-order chi connectivity index (χ1) is 9.44. The zero-order valence-corrected chi connectivity index (χ0v) is 12.0. The van der Waals surface area contributed by atoms with Crippen molar-refractivity contribution in [3.63, 3.8) is 0 Å². The molecule has 6 heteroatoms. The summed E-state index contributed by atoms with van der Waals surface area (Å²) in [6, 6.07) is 8.02. The van der Waals surface area contributed by atoms with Gasteiger partial charge in [0, 0.05) is 17.2 Å². The lowest BCUT2D eigenvalue weighted by Crippen LogP contribution is -2.30. The number of hydrogen-bond acceptors (Lipinski definition) is 4. The summed E-state index contributed by atoms with van der Waals surface area (Å²) in [5.41, 5.74) is 1.53. The van der Waals surface area contributed by atoms with Crippen molar-refractivity contribution in [3.8, 4) is 11.1 Å². The van der Waals surface area contributed by atoms with Crippen LogP contribution in [0.3, 0.4) is 0 Å². The summed E-state index contributed by atoms with van der Waals surface area (Å²) in [5, 5.41) is -0.144. The molecule has 0 atom stereocenters. The smallest absolute Gasteiger partial charge is 0.274 e. The molecule has 106 valence electrons.